The van der Waals surface area contributed by atoms with Crippen LogP contribution in [0.25, 0.3) is 0 Å². The van der Waals surface area contributed by atoms with Gasteiger partial charge >= 0.3 is 0 Å². The Kier molecular flexibility index (Phi) is 3.62. The third kappa shape index (κ3) is 2.65. The van der Waals surface area contributed by atoms with Gasteiger partial charge in [-0.1, -0.05) is 6.92 Å². The molecule has 1 aromatic carbocycles. The lowest BCUT2D eigenvalue weighted by atomic mass is 10.2. The first-order chi connectivity index (χ1) is 6.27. The van der Waals surface area contributed by atoms with Crippen LogP contribution in [0.1, 0.15) is 6.42 Å². The van der Waals surface area contributed by atoms with Crippen LogP contribution in [-0.4, -0.2) is 20.7 Å². The average molecular weight is 178 g/mol. The maximum Gasteiger partial charge on any atom is 0.119 e. The zero-order valence-corrected chi connectivity index (χ0v) is 8.29. The van der Waals surface area contributed by atoms with Gasteiger partial charge in [-0.25, -0.2) is 0 Å². The number of benzene rings is 1. The van der Waals surface area contributed by atoms with E-state index in [0.29, 0.717) is 0 Å². The highest BCUT2D eigenvalue weighted by molar-refractivity contribution is 5.48. The van der Waals surface area contributed by atoms with Crippen molar-refractivity contribution in [3.63, 3.8) is 0 Å². The van der Waals surface area contributed by atoms with Crippen LogP contribution in [0.5, 0.6) is 5.75 Å². The fourth-order valence-electron chi connectivity index (χ4n) is 1.20. The minimum Gasteiger partial charge on any atom is -0.497 e. The van der Waals surface area contributed by atoms with Crippen molar-refractivity contribution in [2.45, 2.75) is 6.42 Å². The van der Waals surface area contributed by atoms with Crippen LogP contribution in [0.4, 0.5) is 5.69 Å². The molecule has 0 aliphatic heterocycles. The highest BCUT2D eigenvalue weighted by Gasteiger charge is 1.98. The van der Waals surface area contributed by atoms with Crippen molar-refractivity contribution in [2.75, 3.05) is 25.6 Å². The van der Waals surface area contributed by atoms with Gasteiger partial charge in [0.15, 0.2) is 0 Å². The molecule has 71 valence electrons. The molecule has 2 nitrogen and oxygen atoms in total. The van der Waals surface area contributed by atoms with Crippen molar-refractivity contribution < 1.29 is 4.74 Å². The van der Waals surface area contributed by atoms with Crippen LogP contribution in [0.3, 0.4) is 0 Å². The molecule has 0 aliphatic carbocycles. The summed E-state index contributed by atoms with van der Waals surface area (Å²) in [5, 5.41) is 0. The van der Waals surface area contributed by atoms with E-state index in [1.807, 2.05) is 12.1 Å². The van der Waals surface area contributed by atoms with Gasteiger partial charge in [-0.15, -0.1) is 0 Å². The van der Waals surface area contributed by atoms with Crippen LogP contribution in [0.15, 0.2) is 24.3 Å². The first-order valence-electron chi connectivity index (χ1n) is 4.42. The summed E-state index contributed by atoms with van der Waals surface area (Å²) in [7, 11) is 3.74. The largest absolute Gasteiger partial charge is 0.497 e. The maximum atomic E-state index is 5.08. The molecular formula is C11H16NO. The molecule has 0 aliphatic rings. The smallest absolute Gasteiger partial charge is 0.119 e. The Morgan fingerprint density at radius 2 is 1.92 bits per heavy atom. The Morgan fingerprint density at radius 1 is 1.31 bits per heavy atom. The third-order valence-electron chi connectivity index (χ3n) is 2.01. The standard InChI is InChI=1S/C11H16NO/c1-4-9-12(2)10-5-7-11(13-3)8-6-10/h5-8H,1,4,9H2,2-3H3. The molecule has 0 N–H and O–H groups in total. The number of ether oxygens (including phenoxy) is 1. The number of rotatable bonds is 4. The van der Waals surface area contributed by atoms with E-state index in [1.54, 1.807) is 7.11 Å². The van der Waals surface area contributed by atoms with Gasteiger partial charge < -0.3 is 9.64 Å². The van der Waals surface area contributed by atoms with Crippen LogP contribution >= 0.6 is 0 Å². The quantitative estimate of drug-likeness (QED) is 0.701. The first kappa shape index (κ1) is 9.90. The average Bonchev–Trinajstić information content (AvgIpc) is 2.18. The number of hydrogen-bond donors (Lipinski definition) is 0. The Balaban J connectivity index is 2.67. The molecule has 0 amide bonds. The molecule has 0 unspecified atom stereocenters. The van der Waals surface area contributed by atoms with Crippen LogP contribution < -0.4 is 9.64 Å². The second-order valence-electron chi connectivity index (χ2n) is 2.97. The Hall–Kier alpha value is -1.18. The zero-order chi connectivity index (χ0) is 9.68. The van der Waals surface area contributed by atoms with E-state index in [1.165, 1.54) is 5.69 Å². The van der Waals surface area contributed by atoms with Crippen molar-refractivity contribution in [2.24, 2.45) is 0 Å². The van der Waals surface area contributed by atoms with Crippen LogP contribution in [-0.2, 0) is 0 Å². The van der Waals surface area contributed by atoms with Gasteiger partial charge in [0.05, 0.1) is 7.11 Å². The lowest BCUT2D eigenvalue weighted by molar-refractivity contribution is 0.415. The van der Waals surface area contributed by atoms with E-state index in [0.717, 1.165) is 18.7 Å². The van der Waals surface area contributed by atoms with E-state index in [4.69, 9.17) is 4.74 Å². The van der Waals surface area contributed by atoms with Gasteiger partial charge in [-0.2, -0.15) is 0 Å². The summed E-state index contributed by atoms with van der Waals surface area (Å²) in [5.41, 5.74) is 1.20. The number of anilines is 1. The summed E-state index contributed by atoms with van der Waals surface area (Å²) < 4.78 is 5.08. The molecule has 0 bridgehead atoms. The Bertz CT molecular complexity index is 243. The summed E-state index contributed by atoms with van der Waals surface area (Å²) >= 11 is 0. The summed E-state index contributed by atoms with van der Waals surface area (Å²) in [6, 6.07) is 8.03. The summed E-state index contributed by atoms with van der Waals surface area (Å²) in [4.78, 5) is 2.17. The molecule has 1 aromatic rings. The molecule has 1 rings (SSSR count). The van der Waals surface area contributed by atoms with Crippen molar-refractivity contribution >= 4 is 5.69 Å². The molecule has 0 saturated heterocycles. The maximum absolute atomic E-state index is 5.08. The molecule has 0 fully saturated rings. The number of methoxy groups -OCH3 is 1. The molecule has 0 saturated carbocycles. The predicted octanol–water partition coefficient (Wildman–Crippen LogP) is 2.36. The monoisotopic (exact) mass is 178 g/mol. The van der Waals surface area contributed by atoms with E-state index in [-0.39, 0.29) is 0 Å². The van der Waals surface area contributed by atoms with Gasteiger partial charge in [-0.3, -0.25) is 0 Å². The SMILES string of the molecule is [CH2]CCN(C)c1ccc(OC)cc1. The van der Waals surface area contributed by atoms with Gasteiger partial charge in [0.1, 0.15) is 5.75 Å². The van der Waals surface area contributed by atoms with E-state index < -0.39 is 0 Å². The fourth-order valence-corrected chi connectivity index (χ4v) is 1.20. The lowest BCUT2D eigenvalue weighted by Gasteiger charge is -2.18. The molecule has 0 spiro atoms. The predicted molar refractivity (Wildman–Crippen MR) is 56.2 cm³/mol. The minimum atomic E-state index is 0.895. The molecule has 0 atom stereocenters. The van der Waals surface area contributed by atoms with E-state index in [9.17, 15) is 0 Å². The van der Waals surface area contributed by atoms with Crippen LogP contribution in [0.2, 0.25) is 0 Å². The molecule has 13 heavy (non-hydrogen) atoms. The normalized spacial score (nSPS) is 9.77. The summed E-state index contributed by atoms with van der Waals surface area (Å²) in [6.07, 6.45) is 0.919. The highest BCUT2D eigenvalue weighted by Crippen LogP contribution is 2.17. The van der Waals surface area contributed by atoms with E-state index in [2.05, 4.69) is 31.0 Å². The molecule has 0 aromatic heterocycles. The minimum absolute atomic E-state index is 0.895. The molecule has 1 radical (unpaired) electrons. The lowest BCUT2D eigenvalue weighted by Crippen LogP contribution is -2.17. The second-order valence-corrected chi connectivity index (χ2v) is 2.97. The Morgan fingerprint density at radius 3 is 2.38 bits per heavy atom. The molecular weight excluding hydrogens is 162 g/mol. The van der Waals surface area contributed by atoms with Crippen LogP contribution in [0, 0.1) is 6.92 Å². The Labute approximate surface area is 80.1 Å². The second kappa shape index (κ2) is 4.75. The third-order valence-corrected chi connectivity index (χ3v) is 2.01. The zero-order valence-electron chi connectivity index (χ0n) is 8.29. The first-order valence-corrected chi connectivity index (χ1v) is 4.42. The number of hydrogen-bond acceptors (Lipinski definition) is 2. The molecule has 0 heterocycles. The van der Waals surface area contributed by atoms with Gasteiger partial charge in [-0.05, 0) is 30.7 Å². The summed E-state index contributed by atoms with van der Waals surface area (Å²) in [6.45, 7) is 4.80. The highest BCUT2D eigenvalue weighted by atomic mass is 16.5. The van der Waals surface area contributed by atoms with Crippen molar-refractivity contribution in [3.05, 3.63) is 31.2 Å². The topological polar surface area (TPSA) is 12.5 Å². The fraction of sp³-hybridized carbons (Fsp3) is 0.364. The van der Waals surface area contributed by atoms with Crippen molar-refractivity contribution in [1.29, 1.82) is 0 Å². The van der Waals surface area contributed by atoms with Crippen molar-refractivity contribution in [3.8, 4) is 5.75 Å². The summed E-state index contributed by atoms with van der Waals surface area (Å²) in [5.74, 6) is 0.895. The van der Waals surface area contributed by atoms with Crippen molar-refractivity contribution in [1.82, 2.24) is 0 Å². The van der Waals surface area contributed by atoms with Gasteiger partial charge in [0.2, 0.25) is 0 Å². The number of nitrogens with zero attached hydrogens (tertiary/aromatic N) is 1. The van der Waals surface area contributed by atoms with E-state index >= 15 is 0 Å². The van der Waals surface area contributed by atoms with Gasteiger partial charge in [0, 0.05) is 19.3 Å². The molecule has 2 heteroatoms. The van der Waals surface area contributed by atoms with Gasteiger partial charge in [0.25, 0.3) is 0 Å².